The fourth-order valence-electron chi connectivity index (χ4n) is 5.01. The van der Waals surface area contributed by atoms with E-state index in [2.05, 4.69) is 48.5 Å². The van der Waals surface area contributed by atoms with E-state index in [-0.39, 0.29) is 11.0 Å². The first-order valence-electron chi connectivity index (χ1n) is 11.5. The Balaban J connectivity index is 1.38. The van der Waals surface area contributed by atoms with Crippen molar-refractivity contribution in [2.24, 2.45) is 10.8 Å². The molecular weight excluding hydrogens is 420 g/mol. The van der Waals surface area contributed by atoms with Gasteiger partial charge in [-0.1, -0.05) is 62.9 Å². The molecule has 2 bridgehead atoms. The van der Waals surface area contributed by atoms with Crippen molar-refractivity contribution in [2.45, 2.75) is 74.4 Å². The predicted molar refractivity (Wildman–Crippen MR) is 127 cm³/mol. The number of ether oxygens (including phenoxy) is 2. The van der Waals surface area contributed by atoms with Crippen LogP contribution in [0.25, 0.3) is 0 Å². The van der Waals surface area contributed by atoms with Gasteiger partial charge in [-0.2, -0.15) is 0 Å². The van der Waals surface area contributed by atoms with E-state index in [4.69, 9.17) is 9.47 Å². The molecular formula is C27H34O4S. The summed E-state index contributed by atoms with van der Waals surface area (Å²) in [5, 5.41) is 9.50. The summed E-state index contributed by atoms with van der Waals surface area (Å²) in [5.74, 6) is -0.884. The van der Waals surface area contributed by atoms with Gasteiger partial charge >= 0.3 is 5.97 Å². The number of benzene rings is 2. The third-order valence-corrected chi connectivity index (χ3v) is 8.04. The Hall–Kier alpha value is -1.82. The molecule has 0 spiro atoms. The van der Waals surface area contributed by atoms with Gasteiger partial charge in [-0.3, -0.25) is 0 Å². The second-order valence-corrected chi connectivity index (χ2v) is 11.6. The van der Waals surface area contributed by atoms with Gasteiger partial charge in [0.25, 0.3) is 0 Å². The highest BCUT2D eigenvalue weighted by Gasteiger charge is 2.50. The molecule has 2 aromatic carbocycles. The maximum absolute atomic E-state index is 11.6. The zero-order chi connectivity index (χ0) is 22.8. The molecule has 2 heterocycles. The van der Waals surface area contributed by atoms with Crippen molar-refractivity contribution >= 4 is 17.7 Å². The summed E-state index contributed by atoms with van der Waals surface area (Å²) in [6, 6.07) is 19.3. The average Bonchev–Trinajstić information content (AvgIpc) is 2.78. The van der Waals surface area contributed by atoms with Gasteiger partial charge in [0.05, 0.1) is 12.2 Å². The molecule has 1 unspecified atom stereocenters. The van der Waals surface area contributed by atoms with E-state index in [1.165, 1.54) is 15.4 Å². The van der Waals surface area contributed by atoms with Gasteiger partial charge in [-0.15, -0.1) is 0 Å². The Morgan fingerprint density at radius 3 is 2.34 bits per heavy atom. The van der Waals surface area contributed by atoms with Crippen molar-refractivity contribution in [1.82, 2.24) is 0 Å². The quantitative estimate of drug-likeness (QED) is 0.491. The number of rotatable bonds is 8. The minimum atomic E-state index is -0.884. The van der Waals surface area contributed by atoms with Crippen LogP contribution in [-0.4, -0.2) is 30.4 Å². The Kier molecular flexibility index (Phi) is 6.71. The van der Waals surface area contributed by atoms with Crippen LogP contribution >= 0.6 is 11.8 Å². The van der Waals surface area contributed by atoms with E-state index in [1.54, 1.807) is 11.8 Å². The summed E-state index contributed by atoms with van der Waals surface area (Å²) in [6.45, 7) is 6.92. The van der Waals surface area contributed by atoms with Crippen LogP contribution in [0.15, 0.2) is 64.4 Å². The van der Waals surface area contributed by atoms with Gasteiger partial charge in [0.2, 0.25) is 0 Å². The SMILES string of the molecule is CC(C)(C)C(OCCC12CCC(c3cccc(Sc4ccccc4)c3)(CC1)OC2)C(=O)O. The third kappa shape index (κ3) is 5.05. The maximum Gasteiger partial charge on any atom is 0.333 e. The second kappa shape index (κ2) is 9.20. The normalized spacial score (nSPS) is 26.1. The monoisotopic (exact) mass is 454 g/mol. The van der Waals surface area contributed by atoms with Crippen molar-refractivity contribution in [1.29, 1.82) is 0 Å². The first-order valence-corrected chi connectivity index (χ1v) is 12.4. The largest absolute Gasteiger partial charge is 0.479 e. The standard InChI is InChI=1S/C27H34O4S/c1-25(2,3)23(24(28)29)30-17-16-26-12-14-27(15-13-26,31-19-26)20-8-7-11-22(18-20)32-21-9-5-4-6-10-21/h4-11,18,23H,12-17,19H2,1-3H3,(H,28,29). The summed E-state index contributed by atoms with van der Waals surface area (Å²) in [7, 11) is 0. The highest BCUT2D eigenvalue weighted by Crippen LogP contribution is 2.55. The van der Waals surface area contributed by atoms with Gasteiger partial charge in [0, 0.05) is 16.4 Å². The van der Waals surface area contributed by atoms with Gasteiger partial charge in [-0.25, -0.2) is 4.79 Å². The van der Waals surface area contributed by atoms with E-state index in [0.717, 1.165) is 38.7 Å². The number of aliphatic carboxylic acids is 1. The van der Waals surface area contributed by atoms with Gasteiger partial charge in [0.1, 0.15) is 0 Å². The molecule has 5 rings (SSSR count). The van der Waals surface area contributed by atoms with Crippen molar-refractivity contribution in [3.8, 4) is 0 Å². The molecule has 4 nitrogen and oxygen atoms in total. The molecule has 1 aliphatic carbocycles. The minimum Gasteiger partial charge on any atom is -0.479 e. The number of carboxylic acids is 1. The van der Waals surface area contributed by atoms with Gasteiger partial charge < -0.3 is 14.6 Å². The fourth-order valence-corrected chi connectivity index (χ4v) is 5.91. The zero-order valence-electron chi connectivity index (χ0n) is 19.3. The topological polar surface area (TPSA) is 55.8 Å². The smallest absolute Gasteiger partial charge is 0.333 e. The molecule has 2 saturated heterocycles. The summed E-state index contributed by atoms with van der Waals surface area (Å²) >= 11 is 1.78. The maximum atomic E-state index is 11.6. The van der Waals surface area contributed by atoms with E-state index >= 15 is 0 Å². The number of fused-ring (bicyclic) bond motifs is 3. The first-order chi connectivity index (χ1) is 15.2. The van der Waals surface area contributed by atoms with Crippen LogP contribution in [0.3, 0.4) is 0 Å². The minimum absolute atomic E-state index is 0.110. The molecule has 0 aromatic heterocycles. The molecule has 1 saturated carbocycles. The Morgan fingerprint density at radius 2 is 1.75 bits per heavy atom. The van der Waals surface area contributed by atoms with E-state index in [1.807, 2.05) is 26.8 Å². The molecule has 1 N–H and O–H groups in total. The molecule has 3 fully saturated rings. The fraction of sp³-hybridized carbons (Fsp3) is 0.519. The average molecular weight is 455 g/mol. The molecule has 5 heteroatoms. The molecule has 2 aliphatic heterocycles. The van der Waals surface area contributed by atoms with Crippen molar-refractivity contribution in [2.75, 3.05) is 13.2 Å². The summed E-state index contributed by atoms with van der Waals surface area (Å²) in [6.07, 6.45) is 4.28. The highest BCUT2D eigenvalue weighted by atomic mass is 32.2. The number of hydrogen-bond donors (Lipinski definition) is 1. The number of carboxylic acid groups (broad SMARTS) is 1. The lowest BCUT2D eigenvalue weighted by molar-refractivity contribution is -0.197. The predicted octanol–water partition coefficient (Wildman–Crippen LogP) is 6.53. The molecule has 1 atom stereocenters. The molecule has 3 aliphatic rings. The Labute approximate surface area is 195 Å². The van der Waals surface area contributed by atoms with Crippen LogP contribution in [-0.2, 0) is 19.9 Å². The second-order valence-electron chi connectivity index (χ2n) is 10.4. The van der Waals surface area contributed by atoms with E-state index in [0.29, 0.717) is 6.61 Å². The third-order valence-electron chi connectivity index (χ3n) is 7.04. The Bertz CT molecular complexity index is 910. The van der Waals surface area contributed by atoms with Crippen molar-refractivity contribution in [3.05, 3.63) is 60.2 Å². The van der Waals surface area contributed by atoms with Crippen LogP contribution in [0.5, 0.6) is 0 Å². The van der Waals surface area contributed by atoms with Gasteiger partial charge in [-0.05, 0) is 72.8 Å². The number of carbonyl (C=O) groups is 1. The van der Waals surface area contributed by atoms with Crippen LogP contribution < -0.4 is 0 Å². The van der Waals surface area contributed by atoms with E-state index in [9.17, 15) is 9.90 Å². The van der Waals surface area contributed by atoms with Gasteiger partial charge in [0.15, 0.2) is 6.10 Å². The van der Waals surface area contributed by atoms with Crippen LogP contribution in [0.2, 0.25) is 0 Å². The van der Waals surface area contributed by atoms with Crippen LogP contribution in [0.1, 0.15) is 58.4 Å². The molecule has 0 radical (unpaired) electrons. The van der Waals surface area contributed by atoms with E-state index < -0.39 is 17.5 Å². The first kappa shape index (κ1) is 23.3. The highest BCUT2D eigenvalue weighted by molar-refractivity contribution is 7.99. The van der Waals surface area contributed by atoms with Crippen molar-refractivity contribution in [3.63, 3.8) is 0 Å². The zero-order valence-corrected chi connectivity index (χ0v) is 20.1. The van der Waals surface area contributed by atoms with Crippen LogP contribution in [0, 0.1) is 10.8 Å². The lowest BCUT2D eigenvalue weighted by atomic mass is 9.63. The summed E-state index contributed by atoms with van der Waals surface area (Å²) in [5.41, 5.74) is 0.780. The molecule has 2 aromatic rings. The van der Waals surface area contributed by atoms with Crippen molar-refractivity contribution < 1.29 is 19.4 Å². The Morgan fingerprint density at radius 1 is 1.06 bits per heavy atom. The lowest BCUT2D eigenvalue weighted by Gasteiger charge is -2.53. The molecule has 32 heavy (non-hydrogen) atoms. The van der Waals surface area contributed by atoms with Crippen LogP contribution in [0.4, 0.5) is 0 Å². The molecule has 172 valence electrons. The lowest BCUT2D eigenvalue weighted by Crippen LogP contribution is -2.50. The summed E-state index contributed by atoms with van der Waals surface area (Å²) < 4.78 is 12.4. The summed E-state index contributed by atoms with van der Waals surface area (Å²) in [4.78, 5) is 14.1. The molecule has 0 amide bonds. The number of hydrogen-bond acceptors (Lipinski definition) is 4.